The van der Waals surface area contributed by atoms with E-state index in [-0.39, 0.29) is 24.0 Å². The molecule has 0 saturated heterocycles. The van der Waals surface area contributed by atoms with Crippen molar-refractivity contribution in [2.45, 2.75) is 32.6 Å². The summed E-state index contributed by atoms with van der Waals surface area (Å²) in [6.07, 6.45) is 3.22. The lowest BCUT2D eigenvalue weighted by Gasteiger charge is -2.01. The maximum Gasteiger partial charge on any atom is 0.258 e. The largest absolute Gasteiger partial charge is 0.356 e. The Hall–Kier alpha value is -2.24. The predicted octanol–water partition coefficient (Wildman–Crippen LogP) is 2.72. The highest BCUT2D eigenvalue weighted by molar-refractivity contribution is 5.77. The average molecular weight is 291 g/mol. The third kappa shape index (κ3) is 4.66. The molecule has 0 bridgehead atoms. The maximum absolute atomic E-state index is 13.1. The number of hydrogen-bond acceptors (Lipinski definition) is 4. The van der Waals surface area contributed by atoms with E-state index in [1.807, 2.05) is 0 Å². The van der Waals surface area contributed by atoms with E-state index in [9.17, 15) is 9.18 Å². The molecule has 5 nitrogen and oxygen atoms in total. The molecule has 0 aliphatic carbocycles. The fraction of sp³-hybridized carbons (Fsp3) is 0.400. The first-order valence-corrected chi connectivity index (χ1v) is 7.04. The zero-order valence-electron chi connectivity index (χ0n) is 11.9. The summed E-state index contributed by atoms with van der Waals surface area (Å²) in [5.74, 6) is -0.0100. The van der Waals surface area contributed by atoms with Crippen LogP contribution in [0.3, 0.4) is 0 Å². The van der Waals surface area contributed by atoms with Crippen molar-refractivity contribution in [2.75, 3.05) is 6.54 Å². The smallest absolute Gasteiger partial charge is 0.258 e. The average Bonchev–Trinajstić information content (AvgIpc) is 2.92. The van der Waals surface area contributed by atoms with E-state index >= 15 is 0 Å². The fourth-order valence-electron chi connectivity index (χ4n) is 1.87. The van der Waals surface area contributed by atoms with Crippen LogP contribution in [0.2, 0.25) is 0 Å². The molecule has 1 aromatic carbocycles. The van der Waals surface area contributed by atoms with E-state index in [4.69, 9.17) is 4.52 Å². The molecule has 0 radical (unpaired) electrons. The molecule has 0 unspecified atom stereocenters. The molecule has 21 heavy (non-hydrogen) atoms. The number of unbranched alkanes of at least 4 members (excludes halogenated alkanes) is 2. The number of benzene rings is 1. The molecule has 1 heterocycles. The van der Waals surface area contributed by atoms with E-state index in [2.05, 4.69) is 22.4 Å². The first kappa shape index (κ1) is 15.2. The van der Waals surface area contributed by atoms with Gasteiger partial charge in [-0.1, -0.05) is 31.0 Å². The highest BCUT2D eigenvalue weighted by Crippen LogP contribution is 2.17. The first-order chi connectivity index (χ1) is 10.2. The zero-order valence-corrected chi connectivity index (χ0v) is 11.9. The highest BCUT2D eigenvalue weighted by atomic mass is 19.1. The van der Waals surface area contributed by atoms with Crippen molar-refractivity contribution in [3.63, 3.8) is 0 Å². The maximum atomic E-state index is 13.1. The van der Waals surface area contributed by atoms with E-state index < -0.39 is 0 Å². The van der Waals surface area contributed by atoms with Crippen molar-refractivity contribution in [2.24, 2.45) is 0 Å². The van der Waals surface area contributed by atoms with Crippen molar-refractivity contribution >= 4 is 5.91 Å². The Balaban J connectivity index is 1.90. The van der Waals surface area contributed by atoms with Crippen molar-refractivity contribution in [1.82, 2.24) is 15.5 Å². The number of hydrogen-bond donors (Lipinski definition) is 1. The molecule has 1 amide bonds. The van der Waals surface area contributed by atoms with Crippen molar-refractivity contribution < 1.29 is 13.7 Å². The highest BCUT2D eigenvalue weighted by Gasteiger charge is 2.12. The Kier molecular flexibility index (Phi) is 5.43. The van der Waals surface area contributed by atoms with Gasteiger partial charge in [-0.25, -0.2) is 4.39 Å². The van der Waals surface area contributed by atoms with E-state index in [0.717, 1.165) is 19.3 Å². The summed E-state index contributed by atoms with van der Waals surface area (Å²) in [5.41, 5.74) is 0.497. The van der Waals surface area contributed by atoms with Crippen LogP contribution in [-0.2, 0) is 11.2 Å². The van der Waals surface area contributed by atoms with Crippen LogP contribution >= 0.6 is 0 Å². The molecule has 6 heteroatoms. The van der Waals surface area contributed by atoms with Gasteiger partial charge in [-0.2, -0.15) is 4.98 Å². The molecule has 2 rings (SSSR count). The van der Waals surface area contributed by atoms with Crippen LogP contribution in [0.5, 0.6) is 0 Å². The van der Waals surface area contributed by atoms with E-state index in [1.54, 1.807) is 12.1 Å². The first-order valence-electron chi connectivity index (χ1n) is 7.04. The van der Waals surface area contributed by atoms with Crippen LogP contribution in [0.25, 0.3) is 11.5 Å². The van der Waals surface area contributed by atoms with Gasteiger partial charge in [0.1, 0.15) is 5.82 Å². The predicted molar refractivity (Wildman–Crippen MR) is 75.9 cm³/mol. The second-order valence-corrected chi connectivity index (χ2v) is 4.76. The molecular weight excluding hydrogens is 273 g/mol. The topological polar surface area (TPSA) is 68.0 Å². The van der Waals surface area contributed by atoms with Gasteiger partial charge in [0.2, 0.25) is 5.91 Å². The van der Waals surface area contributed by atoms with Gasteiger partial charge in [0.15, 0.2) is 5.82 Å². The summed E-state index contributed by atoms with van der Waals surface area (Å²) in [4.78, 5) is 15.8. The molecule has 0 saturated carbocycles. The minimum atomic E-state index is -0.374. The van der Waals surface area contributed by atoms with Gasteiger partial charge in [-0.3, -0.25) is 4.79 Å². The lowest BCUT2D eigenvalue weighted by Crippen LogP contribution is -2.26. The van der Waals surface area contributed by atoms with Gasteiger partial charge in [0.25, 0.3) is 5.89 Å². The van der Waals surface area contributed by atoms with Crippen LogP contribution in [0.1, 0.15) is 32.0 Å². The molecular formula is C15H18FN3O2. The van der Waals surface area contributed by atoms with Gasteiger partial charge in [-0.05, 0) is 24.6 Å². The third-order valence-corrected chi connectivity index (χ3v) is 2.96. The van der Waals surface area contributed by atoms with Crippen LogP contribution in [0.15, 0.2) is 28.8 Å². The molecule has 0 spiro atoms. The molecule has 112 valence electrons. The van der Waals surface area contributed by atoms with E-state index in [1.165, 1.54) is 12.1 Å². The second-order valence-electron chi connectivity index (χ2n) is 4.76. The normalized spacial score (nSPS) is 10.6. The van der Waals surface area contributed by atoms with Gasteiger partial charge in [-0.15, -0.1) is 0 Å². The number of carbonyl (C=O) groups is 1. The standard InChI is InChI=1S/C15H18FN3O2/c1-2-3-4-8-17-14(20)10-13-18-15(21-19-13)11-6-5-7-12(16)9-11/h5-7,9H,2-4,8,10H2,1H3,(H,17,20). The van der Waals surface area contributed by atoms with Crippen LogP contribution in [-0.4, -0.2) is 22.6 Å². The number of halogens is 1. The number of rotatable bonds is 7. The Morgan fingerprint density at radius 3 is 3.00 bits per heavy atom. The number of aromatic nitrogens is 2. The summed E-state index contributed by atoms with van der Waals surface area (Å²) in [5, 5.41) is 6.54. The van der Waals surface area contributed by atoms with Crippen LogP contribution in [0, 0.1) is 5.82 Å². The summed E-state index contributed by atoms with van der Waals surface area (Å²) in [7, 11) is 0. The number of nitrogens with zero attached hydrogens (tertiary/aromatic N) is 2. The minimum absolute atomic E-state index is 0.0605. The van der Waals surface area contributed by atoms with Crippen molar-refractivity contribution in [3.8, 4) is 11.5 Å². The SMILES string of the molecule is CCCCCNC(=O)Cc1noc(-c2cccc(F)c2)n1. The molecule has 0 atom stereocenters. The lowest BCUT2D eigenvalue weighted by molar-refractivity contribution is -0.120. The van der Waals surface area contributed by atoms with Gasteiger partial charge in [0.05, 0.1) is 6.42 Å². The Bertz CT molecular complexity index is 598. The quantitative estimate of drug-likeness (QED) is 0.796. The molecule has 1 aromatic heterocycles. The summed E-state index contributed by atoms with van der Waals surface area (Å²) < 4.78 is 18.2. The van der Waals surface area contributed by atoms with Crippen LogP contribution in [0.4, 0.5) is 4.39 Å². The Morgan fingerprint density at radius 2 is 2.24 bits per heavy atom. The number of nitrogens with one attached hydrogen (secondary N) is 1. The van der Waals surface area contributed by atoms with Gasteiger partial charge >= 0.3 is 0 Å². The number of carbonyl (C=O) groups excluding carboxylic acids is 1. The summed E-state index contributed by atoms with van der Waals surface area (Å²) >= 11 is 0. The fourth-order valence-corrected chi connectivity index (χ4v) is 1.87. The lowest BCUT2D eigenvalue weighted by atomic mass is 10.2. The summed E-state index contributed by atoms with van der Waals surface area (Å²) in [6, 6.07) is 5.88. The second kappa shape index (κ2) is 7.52. The van der Waals surface area contributed by atoms with Crippen LogP contribution < -0.4 is 5.32 Å². The summed E-state index contributed by atoms with van der Waals surface area (Å²) in [6.45, 7) is 2.76. The Morgan fingerprint density at radius 1 is 1.38 bits per heavy atom. The molecule has 0 aliphatic heterocycles. The van der Waals surface area contributed by atoms with Crippen molar-refractivity contribution in [3.05, 3.63) is 35.9 Å². The molecule has 2 aromatic rings. The minimum Gasteiger partial charge on any atom is -0.356 e. The Labute approximate surface area is 122 Å². The van der Waals surface area contributed by atoms with Crippen molar-refractivity contribution in [1.29, 1.82) is 0 Å². The zero-order chi connectivity index (χ0) is 15.1. The van der Waals surface area contributed by atoms with Gasteiger partial charge in [0, 0.05) is 12.1 Å². The molecule has 1 N–H and O–H groups in total. The van der Waals surface area contributed by atoms with Gasteiger partial charge < -0.3 is 9.84 Å². The molecule has 0 fully saturated rings. The molecule has 0 aliphatic rings. The third-order valence-electron chi connectivity index (χ3n) is 2.96. The van der Waals surface area contributed by atoms with E-state index in [0.29, 0.717) is 17.9 Å². The monoisotopic (exact) mass is 291 g/mol. The number of amides is 1.